The summed E-state index contributed by atoms with van der Waals surface area (Å²) in [5.41, 5.74) is 0. The minimum Gasteiger partial charge on any atom is -0.477 e. The zero-order chi connectivity index (χ0) is 69.7. The average Bonchev–Trinajstić information content (AvgIpc) is 2.43. The summed E-state index contributed by atoms with van der Waals surface area (Å²) in [7, 11) is 5.99. The summed E-state index contributed by atoms with van der Waals surface area (Å²) in [4.78, 5) is 37.8. The molecule has 0 aromatic carbocycles. The summed E-state index contributed by atoms with van der Waals surface area (Å²) in [5, 5.41) is 9.78. The van der Waals surface area contributed by atoms with Crippen molar-refractivity contribution in [2.75, 3.05) is 47.5 Å². The molecule has 0 spiro atoms. The number of nitrogens with zero attached hydrogens (tertiary/aromatic N) is 1. The van der Waals surface area contributed by atoms with E-state index >= 15 is 0 Å². The average molecular weight is 1350 g/mol. The maximum absolute atomic E-state index is 13.0. The van der Waals surface area contributed by atoms with E-state index in [1.807, 2.05) is 21.1 Å². The molecule has 0 heterocycles. The molecular formula is C87H158NO8+. The largest absolute Gasteiger partial charge is 0.477 e. The highest BCUT2D eigenvalue weighted by Gasteiger charge is 2.25. The molecule has 0 aromatic rings. The normalized spacial score (nSPS) is 13.1. The highest BCUT2D eigenvalue weighted by atomic mass is 16.7. The first-order valence-electron chi connectivity index (χ1n) is 41.3. The van der Waals surface area contributed by atoms with Gasteiger partial charge in [0.1, 0.15) is 13.2 Å². The van der Waals surface area contributed by atoms with Gasteiger partial charge in [0.05, 0.1) is 34.4 Å². The molecule has 2 unspecified atom stereocenters. The molecule has 0 aromatic heterocycles. The molecule has 9 nitrogen and oxygen atoms in total. The number of esters is 2. The molecule has 1 N–H and O–H groups in total. The van der Waals surface area contributed by atoms with Gasteiger partial charge in [-0.1, -0.05) is 394 Å². The van der Waals surface area contributed by atoms with Crippen LogP contribution in [0.4, 0.5) is 0 Å². The Bertz CT molecular complexity index is 1860. The second kappa shape index (κ2) is 77.2. The summed E-state index contributed by atoms with van der Waals surface area (Å²) in [5.74, 6) is -1.99. The van der Waals surface area contributed by atoms with Gasteiger partial charge in [-0.3, -0.25) is 9.59 Å². The lowest BCUT2D eigenvalue weighted by Gasteiger charge is -2.25. The van der Waals surface area contributed by atoms with Crippen molar-refractivity contribution in [3.8, 4) is 0 Å². The molecule has 0 amide bonds. The molecule has 0 radical (unpaired) electrons. The van der Waals surface area contributed by atoms with E-state index in [0.717, 1.165) is 83.5 Å². The summed E-state index contributed by atoms with van der Waals surface area (Å²) < 4.78 is 23.1. The van der Waals surface area contributed by atoms with Crippen LogP contribution in [0.2, 0.25) is 0 Å². The third kappa shape index (κ3) is 77.8. The van der Waals surface area contributed by atoms with Crippen molar-refractivity contribution in [1.82, 2.24) is 0 Å². The van der Waals surface area contributed by atoms with Crippen LogP contribution in [0.25, 0.3) is 0 Å². The van der Waals surface area contributed by atoms with Gasteiger partial charge in [0, 0.05) is 12.8 Å². The standard InChI is InChI=1S/C87H157NO8/c1-6-8-10-12-14-16-18-20-22-24-26-28-30-32-34-36-38-40-42-44-45-47-49-51-53-55-57-59-61-63-65-67-69-71-73-75-77-84(89)94-81-83(82-95-87(86(91)92)93-80-79-88(3,4)5)96-85(90)78-76-74-72-70-68-66-64-62-60-58-56-54-52-50-48-46-43-41-39-37-35-33-31-29-27-25-23-21-19-17-15-13-11-9-7-2/h9,11,15,17,21,23,27,29,33,35,39,41,46,48,83,87H,6-8,10,12-14,16,18-20,22,24-26,28,30-32,34,36-38,40,42-45,47,49-82H2,1-5H3/p+1/b11-9-,17-15-,23-21-,29-27-,35-33-,41-39-,48-46-. The van der Waals surface area contributed by atoms with E-state index in [1.165, 1.54) is 283 Å². The van der Waals surface area contributed by atoms with Crippen molar-refractivity contribution >= 4 is 17.9 Å². The van der Waals surface area contributed by atoms with E-state index in [2.05, 4.69) is 98.9 Å². The third-order valence-electron chi connectivity index (χ3n) is 18.4. The molecule has 0 saturated heterocycles. The Kier molecular flexibility index (Phi) is 74.4. The van der Waals surface area contributed by atoms with Gasteiger partial charge in [-0.15, -0.1) is 0 Å². The number of ether oxygens (including phenoxy) is 4. The van der Waals surface area contributed by atoms with Crippen LogP contribution >= 0.6 is 0 Å². The fourth-order valence-corrected chi connectivity index (χ4v) is 12.2. The molecule has 0 rings (SSSR count). The Morgan fingerprint density at radius 1 is 0.323 bits per heavy atom. The summed E-state index contributed by atoms with van der Waals surface area (Å²) in [6.07, 6.45) is 103. The maximum Gasteiger partial charge on any atom is 0.361 e. The maximum atomic E-state index is 13.0. The Balaban J connectivity index is 3.99. The summed E-state index contributed by atoms with van der Waals surface area (Å²) >= 11 is 0. The number of carbonyl (C=O) groups is 3. The fourth-order valence-electron chi connectivity index (χ4n) is 12.2. The highest BCUT2D eigenvalue weighted by molar-refractivity contribution is 5.71. The predicted molar refractivity (Wildman–Crippen MR) is 415 cm³/mol. The molecule has 96 heavy (non-hydrogen) atoms. The van der Waals surface area contributed by atoms with Crippen LogP contribution in [0.15, 0.2) is 85.1 Å². The van der Waals surface area contributed by atoms with Crippen molar-refractivity contribution in [1.29, 1.82) is 0 Å². The number of hydrogen-bond acceptors (Lipinski definition) is 7. The number of aliphatic carboxylic acids is 1. The number of quaternary nitrogens is 1. The Morgan fingerprint density at radius 3 is 0.885 bits per heavy atom. The number of unbranched alkanes of at least 4 members (excludes halogenated alkanes) is 48. The SMILES string of the molecule is CC/C=C\C/C=C\C/C=C\C/C=C\C/C=C\C/C=C\C/C=C\CCCCCCCCCCCCCCCC(=O)OC(COC(=O)CCCCCCCCCCCCCCCCCCCCCCCCCCCCCCCCCCCCCC)COC(OCC[N+](C)(C)C)C(=O)O. The first-order chi connectivity index (χ1) is 47.1. The van der Waals surface area contributed by atoms with E-state index in [4.69, 9.17) is 18.9 Å². The van der Waals surface area contributed by atoms with Crippen LogP contribution in [0, 0.1) is 0 Å². The molecule has 2 atom stereocenters. The monoisotopic (exact) mass is 1350 g/mol. The van der Waals surface area contributed by atoms with Gasteiger partial charge >= 0.3 is 17.9 Å². The number of carbonyl (C=O) groups excluding carboxylic acids is 2. The lowest BCUT2D eigenvalue weighted by atomic mass is 10.0. The molecule has 0 fully saturated rings. The number of rotatable bonds is 77. The molecule has 558 valence electrons. The van der Waals surface area contributed by atoms with Crippen molar-refractivity contribution in [2.24, 2.45) is 0 Å². The van der Waals surface area contributed by atoms with Gasteiger partial charge in [0.2, 0.25) is 0 Å². The van der Waals surface area contributed by atoms with Gasteiger partial charge in [0.25, 0.3) is 6.29 Å². The van der Waals surface area contributed by atoms with Gasteiger partial charge in [-0.05, 0) is 70.6 Å². The predicted octanol–water partition coefficient (Wildman–Crippen LogP) is 26.5. The topological polar surface area (TPSA) is 108 Å². The summed E-state index contributed by atoms with van der Waals surface area (Å²) in [6.45, 7) is 4.82. The molecule has 0 aliphatic rings. The number of carboxylic acid groups (broad SMARTS) is 1. The first kappa shape index (κ1) is 92.5. The van der Waals surface area contributed by atoms with Crippen LogP contribution in [0.3, 0.4) is 0 Å². The molecule has 9 heteroatoms. The van der Waals surface area contributed by atoms with Crippen molar-refractivity contribution < 1.29 is 42.9 Å². The second-order valence-electron chi connectivity index (χ2n) is 29.1. The molecule has 0 saturated carbocycles. The van der Waals surface area contributed by atoms with E-state index in [-0.39, 0.29) is 32.2 Å². The van der Waals surface area contributed by atoms with Crippen LogP contribution in [0.5, 0.6) is 0 Å². The van der Waals surface area contributed by atoms with Gasteiger partial charge in [-0.25, -0.2) is 4.79 Å². The number of hydrogen-bond donors (Lipinski definition) is 1. The Morgan fingerprint density at radius 2 is 0.594 bits per heavy atom. The van der Waals surface area contributed by atoms with Crippen molar-refractivity contribution in [3.05, 3.63) is 85.1 Å². The van der Waals surface area contributed by atoms with Gasteiger partial charge in [-0.2, -0.15) is 0 Å². The minimum atomic E-state index is -1.51. The van der Waals surface area contributed by atoms with Gasteiger partial charge < -0.3 is 28.5 Å². The zero-order valence-corrected chi connectivity index (χ0v) is 64.0. The van der Waals surface area contributed by atoms with E-state index < -0.39 is 24.3 Å². The van der Waals surface area contributed by atoms with Crippen LogP contribution in [-0.4, -0.2) is 87.4 Å². The van der Waals surface area contributed by atoms with Crippen LogP contribution in [0.1, 0.15) is 393 Å². The quantitative estimate of drug-likeness (QED) is 0.0211. The second-order valence-corrected chi connectivity index (χ2v) is 29.1. The van der Waals surface area contributed by atoms with Gasteiger partial charge in [0.15, 0.2) is 6.10 Å². The van der Waals surface area contributed by atoms with E-state index in [0.29, 0.717) is 17.4 Å². The molecular weight excluding hydrogens is 1190 g/mol. The Labute approximate surface area is 595 Å². The lowest BCUT2D eigenvalue weighted by Crippen LogP contribution is -2.40. The molecule has 0 aliphatic heterocycles. The zero-order valence-electron chi connectivity index (χ0n) is 64.0. The van der Waals surface area contributed by atoms with E-state index in [1.54, 1.807) is 0 Å². The summed E-state index contributed by atoms with van der Waals surface area (Å²) in [6, 6.07) is 0. The smallest absolute Gasteiger partial charge is 0.361 e. The minimum absolute atomic E-state index is 0.181. The molecule has 0 aliphatic carbocycles. The fraction of sp³-hybridized carbons (Fsp3) is 0.805. The van der Waals surface area contributed by atoms with E-state index in [9.17, 15) is 19.5 Å². The molecule has 0 bridgehead atoms. The highest BCUT2D eigenvalue weighted by Crippen LogP contribution is 2.20. The number of carboxylic acids is 1. The third-order valence-corrected chi connectivity index (χ3v) is 18.4. The first-order valence-corrected chi connectivity index (χ1v) is 41.3. The van der Waals surface area contributed by atoms with Crippen molar-refractivity contribution in [2.45, 2.75) is 405 Å². The van der Waals surface area contributed by atoms with Crippen LogP contribution in [-0.2, 0) is 33.3 Å². The number of likely N-dealkylation sites (N-methyl/N-ethyl adjacent to an activating group) is 1. The van der Waals surface area contributed by atoms with Crippen molar-refractivity contribution in [3.63, 3.8) is 0 Å². The Hall–Kier alpha value is -3.53. The number of allylic oxidation sites excluding steroid dienone is 14. The lowest BCUT2D eigenvalue weighted by molar-refractivity contribution is -0.870. The van der Waals surface area contributed by atoms with Crippen LogP contribution < -0.4 is 0 Å².